The maximum absolute atomic E-state index is 12.1. The Morgan fingerprint density at radius 2 is 2.10 bits per heavy atom. The first-order valence-corrected chi connectivity index (χ1v) is 6.92. The molecule has 1 N–H and O–H groups in total. The quantitative estimate of drug-likeness (QED) is 0.661. The van der Waals surface area contributed by atoms with Crippen molar-refractivity contribution in [1.82, 2.24) is 10.2 Å². The Morgan fingerprint density at radius 3 is 2.80 bits per heavy atom. The molecule has 0 radical (unpaired) electrons. The zero-order chi connectivity index (χ0) is 14.4. The second kappa shape index (κ2) is 7.05. The van der Waals surface area contributed by atoms with Crippen LogP contribution in [0.2, 0.25) is 0 Å². The van der Waals surface area contributed by atoms with E-state index in [1.807, 2.05) is 30.3 Å². The lowest BCUT2D eigenvalue weighted by Crippen LogP contribution is -2.48. The van der Waals surface area contributed by atoms with E-state index in [1.165, 1.54) is 0 Å². The van der Waals surface area contributed by atoms with Crippen molar-refractivity contribution in [1.29, 1.82) is 0 Å². The van der Waals surface area contributed by atoms with E-state index in [0.29, 0.717) is 19.7 Å². The standard InChI is InChI=1S/C15H20N2O3/c1-2-20-15(19)10-14(18)17-9-8-16-13(11-17)12-6-4-3-5-7-12/h3-7,13,16H,2,8-11H2,1H3. The number of hydrogen-bond acceptors (Lipinski definition) is 4. The van der Waals surface area contributed by atoms with E-state index in [0.717, 1.165) is 12.1 Å². The lowest BCUT2D eigenvalue weighted by atomic mass is 10.0. The summed E-state index contributed by atoms with van der Waals surface area (Å²) < 4.78 is 4.81. The molecule has 1 aliphatic rings. The van der Waals surface area contributed by atoms with E-state index in [1.54, 1.807) is 11.8 Å². The first-order chi connectivity index (χ1) is 9.70. The van der Waals surface area contributed by atoms with Crippen LogP contribution in [0.3, 0.4) is 0 Å². The molecular weight excluding hydrogens is 256 g/mol. The molecule has 20 heavy (non-hydrogen) atoms. The van der Waals surface area contributed by atoms with E-state index in [-0.39, 0.29) is 18.4 Å². The number of benzene rings is 1. The van der Waals surface area contributed by atoms with Gasteiger partial charge in [0, 0.05) is 25.7 Å². The van der Waals surface area contributed by atoms with Crippen molar-refractivity contribution in [3.8, 4) is 0 Å². The van der Waals surface area contributed by atoms with Crippen LogP contribution in [0.4, 0.5) is 0 Å². The van der Waals surface area contributed by atoms with Crippen LogP contribution in [0.15, 0.2) is 30.3 Å². The minimum absolute atomic E-state index is 0.121. The summed E-state index contributed by atoms with van der Waals surface area (Å²) in [7, 11) is 0. The highest BCUT2D eigenvalue weighted by Crippen LogP contribution is 2.17. The highest BCUT2D eigenvalue weighted by atomic mass is 16.5. The molecule has 5 nitrogen and oxygen atoms in total. The molecule has 1 amide bonds. The summed E-state index contributed by atoms with van der Waals surface area (Å²) in [6, 6.07) is 10.1. The fourth-order valence-electron chi connectivity index (χ4n) is 2.33. The third-order valence-corrected chi connectivity index (χ3v) is 3.33. The predicted octanol–water partition coefficient (Wildman–Crippen LogP) is 1.11. The zero-order valence-electron chi connectivity index (χ0n) is 11.7. The first kappa shape index (κ1) is 14.5. The maximum atomic E-state index is 12.1. The molecule has 0 aromatic heterocycles. The molecule has 0 aliphatic carbocycles. The average molecular weight is 276 g/mol. The van der Waals surface area contributed by atoms with Crippen molar-refractivity contribution in [3.63, 3.8) is 0 Å². The van der Waals surface area contributed by atoms with Crippen LogP contribution < -0.4 is 5.32 Å². The molecular formula is C15H20N2O3. The monoisotopic (exact) mass is 276 g/mol. The molecule has 1 aromatic carbocycles. The van der Waals surface area contributed by atoms with E-state index in [9.17, 15) is 9.59 Å². The van der Waals surface area contributed by atoms with Crippen molar-refractivity contribution in [2.45, 2.75) is 19.4 Å². The third-order valence-electron chi connectivity index (χ3n) is 3.33. The van der Waals surface area contributed by atoms with E-state index >= 15 is 0 Å². The van der Waals surface area contributed by atoms with Crippen molar-refractivity contribution in [3.05, 3.63) is 35.9 Å². The van der Waals surface area contributed by atoms with Gasteiger partial charge >= 0.3 is 5.97 Å². The van der Waals surface area contributed by atoms with Gasteiger partial charge in [-0.15, -0.1) is 0 Å². The van der Waals surface area contributed by atoms with Crippen LogP contribution in [0.1, 0.15) is 24.9 Å². The van der Waals surface area contributed by atoms with E-state index < -0.39 is 5.97 Å². The number of esters is 1. The fourth-order valence-corrected chi connectivity index (χ4v) is 2.33. The van der Waals surface area contributed by atoms with Crippen molar-refractivity contribution in [2.75, 3.05) is 26.2 Å². The second-order valence-electron chi connectivity index (χ2n) is 4.74. The summed E-state index contributed by atoms with van der Waals surface area (Å²) in [6.07, 6.45) is -0.171. The second-order valence-corrected chi connectivity index (χ2v) is 4.74. The van der Waals surface area contributed by atoms with Gasteiger partial charge in [-0.05, 0) is 12.5 Å². The summed E-state index contributed by atoms with van der Waals surface area (Å²) in [5, 5.41) is 3.39. The molecule has 1 saturated heterocycles. The summed E-state index contributed by atoms with van der Waals surface area (Å²) >= 11 is 0. The topological polar surface area (TPSA) is 58.6 Å². The fraction of sp³-hybridized carbons (Fsp3) is 0.467. The molecule has 1 aromatic rings. The first-order valence-electron chi connectivity index (χ1n) is 6.92. The number of piperazine rings is 1. The molecule has 1 atom stereocenters. The van der Waals surface area contributed by atoms with E-state index in [2.05, 4.69) is 5.32 Å². The Morgan fingerprint density at radius 1 is 1.35 bits per heavy atom. The Hall–Kier alpha value is -1.88. The highest BCUT2D eigenvalue weighted by molar-refractivity contribution is 5.94. The smallest absolute Gasteiger partial charge is 0.315 e. The van der Waals surface area contributed by atoms with Gasteiger partial charge in [-0.2, -0.15) is 0 Å². The summed E-state index contributed by atoms with van der Waals surface area (Å²) in [5.74, 6) is -0.613. The van der Waals surface area contributed by atoms with Gasteiger partial charge in [-0.1, -0.05) is 30.3 Å². The largest absolute Gasteiger partial charge is 0.466 e. The number of carbonyl (C=O) groups excluding carboxylic acids is 2. The number of carbonyl (C=O) groups is 2. The van der Waals surface area contributed by atoms with Gasteiger partial charge in [-0.3, -0.25) is 9.59 Å². The number of hydrogen-bond donors (Lipinski definition) is 1. The number of rotatable bonds is 4. The molecule has 1 fully saturated rings. The van der Waals surface area contributed by atoms with Crippen LogP contribution in [0, 0.1) is 0 Å². The third kappa shape index (κ3) is 3.81. The van der Waals surface area contributed by atoms with Gasteiger partial charge in [-0.25, -0.2) is 0 Å². The Bertz CT molecular complexity index is 461. The molecule has 5 heteroatoms. The normalized spacial score (nSPS) is 18.6. The zero-order valence-corrected chi connectivity index (χ0v) is 11.7. The Labute approximate surface area is 118 Å². The average Bonchev–Trinajstić information content (AvgIpc) is 2.48. The van der Waals surface area contributed by atoms with Crippen molar-refractivity contribution in [2.24, 2.45) is 0 Å². The molecule has 0 spiro atoms. The van der Waals surface area contributed by atoms with Gasteiger partial charge < -0.3 is 15.0 Å². The minimum Gasteiger partial charge on any atom is -0.466 e. The van der Waals surface area contributed by atoms with Crippen LogP contribution in [0.5, 0.6) is 0 Å². The van der Waals surface area contributed by atoms with Crippen LogP contribution in [-0.4, -0.2) is 43.0 Å². The van der Waals surface area contributed by atoms with Gasteiger partial charge in [0.05, 0.1) is 6.61 Å². The van der Waals surface area contributed by atoms with Crippen LogP contribution in [0.25, 0.3) is 0 Å². The Balaban J connectivity index is 1.93. The predicted molar refractivity (Wildman–Crippen MR) is 75.0 cm³/mol. The Kier molecular flexibility index (Phi) is 5.12. The molecule has 2 rings (SSSR count). The van der Waals surface area contributed by atoms with Crippen molar-refractivity contribution >= 4 is 11.9 Å². The SMILES string of the molecule is CCOC(=O)CC(=O)N1CCNC(c2ccccc2)C1. The number of amides is 1. The van der Waals surface area contributed by atoms with Crippen LogP contribution in [-0.2, 0) is 14.3 Å². The number of nitrogens with zero attached hydrogens (tertiary/aromatic N) is 1. The number of ether oxygens (including phenoxy) is 1. The van der Waals surface area contributed by atoms with Gasteiger partial charge in [0.2, 0.25) is 5.91 Å². The lowest BCUT2D eigenvalue weighted by Gasteiger charge is -2.33. The maximum Gasteiger partial charge on any atom is 0.315 e. The lowest BCUT2D eigenvalue weighted by molar-refractivity contribution is -0.149. The molecule has 108 valence electrons. The minimum atomic E-state index is -0.452. The molecule has 0 saturated carbocycles. The molecule has 1 heterocycles. The van der Waals surface area contributed by atoms with Gasteiger partial charge in [0.25, 0.3) is 0 Å². The summed E-state index contributed by atoms with van der Waals surface area (Å²) in [6.45, 7) is 3.98. The summed E-state index contributed by atoms with van der Waals surface area (Å²) in [4.78, 5) is 25.1. The summed E-state index contributed by atoms with van der Waals surface area (Å²) in [5.41, 5.74) is 1.15. The molecule has 1 aliphatic heterocycles. The van der Waals surface area contributed by atoms with Crippen LogP contribution >= 0.6 is 0 Å². The van der Waals surface area contributed by atoms with Gasteiger partial charge in [0.15, 0.2) is 0 Å². The van der Waals surface area contributed by atoms with Gasteiger partial charge in [0.1, 0.15) is 6.42 Å². The van der Waals surface area contributed by atoms with E-state index in [4.69, 9.17) is 4.74 Å². The number of nitrogens with one attached hydrogen (secondary N) is 1. The molecule has 1 unspecified atom stereocenters. The molecule has 0 bridgehead atoms. The highest BCUT2D eigenvalue weighted by Gasteiger charge is 2.25. The van der Waals surface area contributed by atoms with Crippen molar-refractivity contribution < 1.29 is 14.3 Å².